The molecular weight excluding hydrogens is 248 g/mol. The molecule has 0 aliphatic heterocycles. The topological polar surface area (TPSA) is 55.1 Å². The maximum atomic E-state index is 12.2. The minimum atomic E-state index is 0.0783. The van der Waals surface area contributed by atoms with Crippen LogP contribution in [-0.4, -0.2) is 18.5 Å². The summed E-state index contributed by atoms with van der Waals surface area (Å²) in [6.45, 7) is 0.794. The van der Waals surface area contributed by atoms with E-state index in [1.165, 1.54) is 24.0 Å². The molecule has 1 fully saturated rings. The standard InChI is InChI=1S/C17H24N2O/c18-16-8-4-12(5-9-16)11-19-17(20)15-7-6-13-2-1-3-14(13)10-15/h6-7,10,12,16H,1-5,8-9,11,18H2,(H,19,20). The van der Waals surface area contributed by atoms with Crippen LogP contribution in [-0.2, 0) is 12.8 Å². The molecule has 2 aliphatic carbocycles. The Kier molecular flexibility index (Phi) is 4.06. The molecule has 0 atom stereocenters. The van der Waals surface area contributed by atoms with Gasteiger partial charge in [0.2, 0.25) is 0 Å². The van der Waals surface area contributed by atoms with Crippen molar-refractivity contribution >= 4 is 5.91 Å². The Morgan fingerprint density at radius 2 is 1.90 bits per heavy atom. The number of amides is 1. The van der Waals surface area contributed by atoms with Gasteiger partial charge in [-0.2, -0.15) is 0 Å². The summed E-state index contributed by atoms with van der Waals surface area (Å²) < 4.78 is 0. The summed E-state index contributed by atoms with van der Waals surface area (Å²) >= 11 is 0. The second-order valence-electron chi connectivity index (χ2n) is 6.33. The van der Waals surface area contributed by atoms with E-state index in [-0.39, 0.29) is 5.91 Å². The second-order valence-corrected chi connectivity index (χ2v) is 6.33. The minimum Gasteiger partial charge on any atom is -0.352 e. The Hall–Kier alpha value is -1.35. The van der Waals surface area contributed by atoms with E-state index in [0.717, 1.165) is 44.2 Å². The van der Waals surface area contributed by atoms with Crippen molar-refractivity contribution in [3.63, 3.8) is 0 Å². The quantitative estimate of drug-likeness (QED) is 0.888. The summed E-state index contributed by atoms with van der Waals surface area (Å²) in [7, 11) is 0. The van der Waals surface area contributed by atoms with Crippen molar-refractivity contribution < 1.29 is 4.79 Å². The van der Waals surface area contributed by atoms with Gasteiger partial charge in [-0.05, 0) is 74.1 Å². The molecule has 1 amide bonds. The first-order valence-electron chi connectivity index (χ1n) is 7.88. The minimum absolute atomic E-state index is 0.0783. The molecule has 1 aromatic carbocycles. The molecule has 0 heterocycles. The van der Waals surface area contributed by atoms with E-state index in [4.69, 9.17) is 5.73 Å². The average Bonchev–Trinajstić information content (AvgIpc) is 2.93. The Morgan fingerprint density at radius 3 is 2.70 bits per heavy atom. The number of aryl methyl sites for hydroxylation is 2. The van der Waals surface area contributed by atoms with Crippen molar-refractivity contribution in [1.82, 2.24) is 5.32 Å². The van der Waals surface area contributed by atoms with Crippen LogP contribution >= 0.6 is 0 Å². The predicted molar refractivity (Wildman–Crippen MR) is 80.7 cm³/mol. The highest BCUT2D eigenvalue weighted by molar-refractivity contribution is 5.94. The second kappa shape index (κ2) is 5.96. The number of carbonyl (C=O) groups excluding carboxylic acids is 1. The first-order valence-corrected chi connectivity index (χ1v) is 7.88. The first-order chi connectivity index (χ1) is 9.72. The maximum absolute atomic E-state index is 12.2. The third-order valence-corrected chi connectivity index (χ3v) is 4.80. The monoisotopic (exact) mass is 272 g/mol. The number of fused-ring (bicyclic) bond motifs is 1. The van der Waals surface area contributed by atoms with Gasteiger partial charge in [-0.1, -0.05) is 6.07 Å². The fraction of sp³-hybridized carbons (Fsp3) is 0.588. The van der Waals surface area contributed by atoms with Gasteiger partial charge in [-0.3, -0.25) is 4.79 Å². The molecule has 3 rings (SSSR count). The van der Waals surface area contributed by atoms with Crippen LogP contribution < -0.4 is 11.1 Å². The number of hydrogen-bond acceptors (Lipinski definition) is 2. The highest BCUT2D eigenvalue weighted by atomic mass is 16.1. The SMILES string of the molecule is NC1CCC(CNC(=O)c2ccc3c(c2)CCC3)CC1. The van der Waals surface area contributed by atoms with E-state index in [1.807, 2.05) is 6.07 Å². The number of nitrogens with two attached hydrogens (primary N) is 1. The molecule has 0 unspecified atom stereocenters. The van der Waals surface area contributed by atoms with Crippen molar-refractivity contribution in [2.75, 3.05) is 6.54 Å². The van der Waals surface area contributed by atoms with Gasteiger partial charge in [0.15, 0.2) is 0 Å². The van der Waals surface area contributed by atoms with E-state index >= 15 is 0 Å². The lowest BCUT2D eigenvalue weighted by Gasteiger charge is -2.26. The Balaban J connectivity index is 1.54. The van der Waals surface area contributed by atoms with Crippen LogP contribution in [0.15, 0.2) is 18.2 Å². The van der Waals surface area contributed by atoms with E-state index in [9.17, 15) is 4.79 Å². The van der Waals surface area contributed by atoms with Crippen molar-refractivity contribution in [1.29, 1.82) is 0 Å². The largest absolute Gasteiger partial charge is 0.352 e. The van der Waals surface area contributed by atoms with Gasteiger partial charge in [0.05, 0.1) is 0 Å². The zero-order valence-electron chi connectivity index (χ0n) is 12.0. The van der Waals surface area contributed by atoms with Gasteiger partial charge in [-0.25, -0.2) is 0 Å². The lowest BCUT2D eigenvalue weighted by molar-refractivity contribution is 0.0943. The molecule has 1 saturated carbocycles. The molecule has 3 N–H and O–H groups in total. The number of benzene rings is 1. The van der Waals surface area contributed by atoms with Gasteiger partial charge in [-0.15, -0.1) is 0 Å². The van der Waals surface area contributed by atoms with Crippen LogP contribution in [0.5, 0.6) is 0 Å². The smallest absolute Gasteiger partial charge is 0.251 e. The molecule has 3 nitrogen and oxygen atoms in total. The Morgan fingerprint density at radius 1 is 1.15 bits per heavy atom. The van der Waals surface area contributed by atoms with Crippen LogP contribution in [0, 0.1) is 5.92 Å². The van der Waals surface area contributed by atoms with Crippen LogP contribution in [0.25, 0.3) is 0 Å². The maximum Gasteiger partial charge on any atom is 0.251 e. The first kappa shape index (κ1) is 13.6. The molecule has 0 radical (unpaired) electrons. The molecule has 0 saturated heterocycles. The highest BCUT2D eigenvalue weighted by Crippen LogP contribution is 2.24. The van der Waals surface area contributed by atoms with Crippen LogP contribution in [0.3, 0.4) is 0 Å². The molecule has 0 spiro atoms. The summed E-state index contributed by atoms with van der Waals surface area (Å²) in [4.78, 5) is 12.2. The third kappa shape index (κ3) is 3.04. The van der Waals surface area contributed by atoms with E-state index < -0.39 is 0 Å². The lowest BCUT2D eigenvalue weighted by Crippen LogP contribution is -2.34. The van der Waals surface area contributed by atoms with E-state index in [2.05, 4.69) is 17.4 Å². The molecule has 3 heteroatoms. The van der Waals surface area contributed by atoms with Crippen LogP contribution in [0.1, 0.15) is 53.6 Å². The number of carbonyl (C=O) groups is 1. The molecule has 108 valence electrons. The lowest BCUT2D eigenvalue weighted by atomic mass is 9.86. The summed E-state index contributed by atoms with van der Waals surface area (Å²) in [5, 5.41) is 3.09. The van der Waals surface area contributed by atoms with Crippen molar-refractivity contribution in [3.05, 3.63) is 34.9 Å². The van der Waals surface area contributed by atoms with Crippen LogP contribution in [0.4, 0.5) is 0 Å². The van der Waals surface area contributed by atoms with Gasteiger partial charge < -0.3 is 11.1 Å². The molecular formula is C17H24N2O. The summed E-state index contributed by atoms with van der Waals surface area (Å²) in [6, 6.07) is 6.54. The van der Waals surface area contributed by atoms with Gasteiger partial charge in [0.1, 0.15) is 0 Å². The molecule has 20 heavy (non-hydrogen) atoms. The number of rotatable bonds is 3. The normalized spacial score (nSPS) is 25.2. The molecule has 2 aliphatic rings. The average molecular weight is 272 g/mol. The molecule has 0 bridgehead atoms. The Labute approximate surface area is 120 Å². The van der Waals surface area contributed by atoms with Gasteiger partial charge in [0, 0.05) is 18.2 Å². The van der Waals surface area contributed by atoms with Crippen LogP contribution in [0.2, 0.25) is 0 Å². The summed E-state index contributed by atoms with van der Waals surface area (Å²) in [6.07, 6.45) is 8.00. The fourth-order valence-corrected chi connectivity index (χ4v) is 3.44. The third-order valence-electron chi connectivity index (χ3n) is 4.80. The molecule has 1 aromatic rings. The highest BCUT2D eigenvalue weighted by Gasteiger charge is 2.19. The van der Waals surface area contributed by atoms with Crippen molar-refractivity contribution in [2.24, 2.45) is 11.7 Å². The number of nitrogens with one attached hydrogen (secondary N) is 1. The molecule has 0 aromatic heterocycles. The van der Waals surface area contributed by atoms with E-state index in [0.29, 0.717) is 12.0 Å². The Bertz CT molecular complexity index is 490. The van der Waals surface area contributed by atoms with Gasteiger partial charge in [0.25, 0.3) is 5.91 Å². The summed E-state index contributed by atoms with van der Waals surface area (Å²) in [5.41, 5.74) is 9.51. The summed E-state index contributed by atoms with van der Waals surface area (Å²) in [5.74, 6) is 0.683. The van der Waals surface area contributed by atoms with Gasteiger partial charge >= 0.3 is 0 Å². The number of hydrogen-bond donors (Lipinski definition) is 2. The zero-order chi connectivity index (χ0) is 13.9. The van der Waals surface area contributed by atoms with Crippen molar-refractivity contribution in [2.45, 2.75) is 51.0 Å². The van der Waals surface area contributed by atoms with Crippen molar-refractivity contribution in [3.8, 4) is 0 Å². The zero-order valence-corrected chi connectivity index (χ0v) is 12.0. The predicted octanol–water partition coefficient (Wildman–Crippen LogP) is 2.42. The van der Waals surface area contributed by atoms with E-state index in [1.54, 1.807) is 0 Å². The fourth-order valence-electron chi connectivity index (χ4n) is 3.44.